The fraction of sp³-hybridized carbons (Fsp3) is 0.455. The van der Waals surface area contributed by atoms with E-state index >= 15 is 0 Å². The number of sulfonamides is 1. The summed E-state index contributed by atoms with van der Waals surface area (Å²) in [5.41, 5.74) is 1.01. The second-order valence-electron chi connectivity index (χ2n) is 3.87. The van der Waals surface area contributed by atoms with Gasteiger partial charge in [-0.1, -0.05) is 17.7 Å². The second kappa shape index (κ2) is 5.14. The van der Waals surface area contributed by atoms with Gasteiger partial charge in [-0.2, -0.15) is 4.72 Å². The summed E-state index contributed by atoms with van der Waals surface area (Å²) in [4.78, 5) is 0.234. The van der Waals surface area contributed by atoms with Crippen LogP contribution >= 0.6 is 0 Å². The van der Waals surface area contributed by atoms with Crippen molar-refractivity contribution in [2.75, 3.05) is 19.8 Å². The zero-order chi connectivity index (χ0) is 12.3. The van der Waals surface area contributed by atoms with Crippen LogP contribution < -0.4 is 4.72 Å². The van der Waals surface area contributed by atoms with Gasteiger partial charge in [0, 0.05) is 0 Å². The van der Waals surface area contributed by atoms with Crippen molar-refractivity contribution in [2.45, 2.75) is 18.0 Å². The monoisotopic (exact) mass is 257 g/mol. The highest BCUT2D eigenvalue weighted by atomic mass is 32.2. The normalized spacial score (nSPS) is 21.4. The molecule has 0 aliphatic carbocycles. The third-order valence-corrected chi connectivity index (χ3v) is 3.90. The van der Waals surface area contributed by atoms with Crippen LogP contribution in [0.1, 0.15) is 5.56 Å². The molecule has 0 saturated carbocycles. The van der Waals surface area contributed by atoms with Crippen molar-refractivity contribution in [3.8, 4) is 0 Å². The summed E-state index contributed by atoms with van der Waals surface area (Å²) in [5, 5.41) is 0. The van der Waals surface area contributed by atoms with E-state index in [1.807, 2.05) is 6.92 Å². The lowest BCUT2D eigenvalue weighted by atomic mass is 10.2. The molecule has 0 amide bonds. The lowest BCUT2D eigenvalue weighted by molar-refractivity contribution is -0.0921. The molecule has 0 radical (unpaired) electrons. The molecule has 1 saturated heterocycles. The Balaban J connectivity index is 2.10. The summed E-state index contributed by atoms with van der Waals surface area (Å²) in [7, 11) is -3.53. The lowest BCUT2D eigenvalue weighted by Gasteiger charge is -2.23. The molecule has 0 spiro atoms. The number of hydrogen-bond acceptors (Lipinski definition) is 4. The van der Waals surface area contributed by atoms with Crippen molar-refractivity contribution in [3.05, 3.63) is 29.8 Å². The van der Waals surface area contributed by atoms with E-state index in [-0.39, 0.29) is 11.5 Å². The standard InChI is InChI=1S/C11H15NO4S/c1-9-2-4-10(5-3-9)17(13,14)12-11-8-15-6-7-16-11/h2-5,11-12H,6-8H2,1H3. The van der Waals surface area contributed by atoms with Crippen LogP contribution in [0.3, 0.4) is 0 Å². The maximum atomic E-state index is 12.0. The smallest absolute Gasteiger partial charge is 0.242 e. The van der Waals surface area contributed by atoms with E-state index in [0.717, 1.165) is 5.56 Å². The van der Waals surface area contributed by atoms with Gasteiger partial charge in [-0.05, 0) is 19.1 Å². The molecule has 5 nitrogen and oxygen atoms in total. The number of rotatable bonds is 3. The summed E-state index contributed by atoms with van der Waals surface area (Å²) in [6, 6.07) is 6.66. The Morgan fingerprint density at radius 3 is 2.53 bits per heavy atom. The molecule has 0 aromatic heterocycles. The van der Waals surface area contributed by atoms with Gasteiger partial charge in [0.1, 0.15) is 6.23 Å². The predicted octanol–water partition coefficient (Wildman–Crippen LogP) is 0.646. The van der Waals surface area contributed by atoms with Crippen LogP contribution in [0.15, 0.2) is 29.2 Å². The van der Waals surface area contributed by atoms with Crippen molar-refractivity contribution < 1.29 is 17.9 Å². The maximum absolute atomic E-state index is 12.0. The molecule has 1 fully saturated rings. The van der Waals surface area contributed by atoms with Crippen LogP contribution in [-0.4, -0.2) is 34.5 Å². The minimum atomic E-state index is -3.53. The number of ether oxygens (including phenoxy) is 2. The van der Waals surface area contributed by atoms with Gasteiger partial charge in [0.15, 0.2) is 0 Å². The molecular formula is C11H15NO4S. The number of benzene rings is 1. The van der Waals surface area contributed by atoms with Gasteiger partial charge in [-0.25, -0.2) is 8.42 Å². The van der Waals surface area contributed by atoms with E-state index in [4.69, 9.17) is 9.47 Å². The molecule has 1 unspecified atom stereocenters. The topological polar surface area (TPSA) is 64.6 Å². The Bertz CT molecular complexity index is 463. The Kier molecular flexibility index (Phi) is 3.78. The molecule has 1 aromatic carbocycles. The van der Waals surface area contributed by atoms with Crippen LogP contribution in [0.5, 0.6) is 0 Å². The van der Waals surface area contributed by atoms with Crippen LogP contribution in [0.25, 0.3) is 0 Å². The van der Waals surface area contributed by atoms with Crippen molar-refractivity contribution in [2.24, 2.45) is 0 Å². The SMILES string of the molecule is Cc1ccc(S(=O)(=O)NC2COCCO2)cc1. The van der Waals surface area contributed by atoms with Gasteiger partial charge in [-0.3, -0.25) is 0 Å². The third-order valence-electron chi connectivity index (χ3n) is 2.43. The van der Waals surface area contributed by atoms with E-state index < -0.39 is 16.3 Å². The van der Waals surface area contributed by atoms with Gasteiger partial charge >= 0.3 is 0 Å². The lowest BCUT2D eigenvalue weighted by Crippen LogP contribution is -2.43. The summed E-state index contributed by atoms with van der Waals surface area (Å²) >= 11 is 0. The number of aryl methyl sites for hydroxylation is 1. The number of hydrogen-bond donors (Lipinski definition) is 1. The molecular weight excluding hydrogens is 242 g/mol. The van der Waals surface area contributed by atoms with Gasteiger partial charge < -0.3 is 9.47 Å². The first-order chi connectivity index (χ1) is 8.08. The highest BCUT2D eigenvalue weighted by Crippen LogP contribution is 2.11. The maximum Gasteiger partial charge on any atom is 0.242 e. The summed E-state index contributed by atoms with van der Waals surface area (Å²) in [6.07, 6.45) is -0.602. The van der Waals surface area contributed by atoms with Crippen LogP contribution in [0.4, 0.5) is 0 Å². The van der Waals surface area contributed by atoms with Crippen LogP contribution in [0.2, 0.25) is 0 Å². The molecule has 1 aliphatic heterocycles. The molecule has 1 aromatic rings. The highest BCUT2D eigenvalue weighted by Gasteiger charge is 2.22. The first-order valence-corrected chi connectivity index (χ1v) is 6.84. The van der Waals surface area contributed by atoms with Gasteiger partial charge in [0.25, 0.3) is 0 Å². The molecule has 1 atom stereocenters. The number of nitrogens with one attached hydrogen (secondary N) is 1. The first kappa shape index (κ1) is 12.5. The molecule has 1 aliphatic rings. The third kappa shape index (κ3) is 3.26. The van der Waals surface area contributed by atoms with E-state index in [2.05, 4.69) is 4.72 Å². The first-order valence-electron chi connectivity index (χ1n) is 5.36. The van der Waals surface area contributed by atoms with Gasteiger partial charge in [0.2, 0.25) is 10.0 Å². The second-order valence-corrected chi connectivity index (χ2v) is 5.58. The van der Waals surface area contributed by atoms with Crippen LogP contribution in [-0.2, 0) is 19.5 Å². The molecule has 94 valence electrons. The van der Waals surface area contributed by atoms with Crippen molar-refractivity contribution >= 4 is 10.0 Å². The van der Waals surface area contributed by atoms with Crippen LogP contribution in [0, 0.1) is 6.92 Å². The van der Waals surface area contributed by atoms with E-state index in [9.17, 15) is 8.42 Å². The Morgan fingerprint density at radius 1 is 1.24 bits per heavy atom. The van der Waals surface area contributed by atoms with Gasteiger partial charge in [-0.15, -0.1) is 0 Å². The van der Waals surface area contributed by atoms with Crippen molar-refractivity contribution in [3.63, 3.8) is 0 Å². The fourth-order valence-corrected chi connectivity index (χ4v) is 2.63. The predicted molar refractivity (Wildman–Crippen MR) is 62.1 cm³/mol. The van der Waals surface area contributed by atoms with Gasteiger partial charge in [0.05, 0.1) is 24.7 Å². The minimum absolute atomic E-state index is 0.234. The van der Waals surface area contributed by atoms with Crippen molar-refractivity contribution in [1.29, 1.82) is 0 Å². The molecule has 1 heterocycles. The summed E-state index contributed by atoms with van der Waals surface area (Å²) in [5.74, 6) is 0. The molecule has 0 bridgehead atoms. The zero-order valence-electron chi connectivity index (χ0n) is 9.55. The minimum Gasteiger partial charge on any atom is -0.375 e. The average molecular weight is 257 g/mol. The largest absolute Gasteiger partial charge is 0.375 e. The van der Waals surface area contributed by atoms with E-state index in [1.165, 1.54) is 0 Å². The quantitative estimate of drug-likeness (QED) is 0.863. The van der Waals surface area contributed by atoms with E-state index in [0.29, 0.717) is 13.2 Å². The molecule has 17 heavy (non-hydrogen) atoms. The molecule has 2 rings (SSSR count). The Hall–Kier alpha value is -0.950. The summed E-state index contributed by atoms with van der Waals surface area (Å²) in [6.45, 7) is 3.05. The summed E-state index contributed by atoms with van der Waals surface area (Å²) < 4.78 is 36.8. The van der Waals surface area contributed by atoms with E-state index in [1.54, 1.807) is 24.3 Å². The fourth-order valence-electron chi connectivity index (χ4n) is 1.51. The molecule has 6 heteroatoms. The highest BCUT2D eigenvalue weighted by molar-refractivity contribution is 7.89. The average Bonchev–Trinajstić information content (AvgIpc) is 2.30. The zero-order valence-corrected chi connectivity index (χ0v) is 10.4. The Morgan fingerprint density at radius 2 is 1.94 bits per heavy atom. The molecule has 1 N–H and O–H groups in total. The van der Waals surface area contributed by atoms with Crippen molar-refractivity contribution in [1.82, 2.24) is 4.72 Å². The Labute approximate surface area is 101 Å².